The summed E-state index contributed by atoms with van der Waals surface area (Å²) in [5, 5.41) is 3.55. The third-order valence-corrected chi connectivity index (χ3v) is 8.41. The van der Waals surface area contributed by atoms with Crippen LogP contribution in [0.2, 0.25) is 0 Å². The molecule has 0 radical (unpaired) electrons. The molecule has 6 nitrogen and oxygen atoms in total. The lowest BCUT2D eigenvalue weighted by atomic mass is 9.53. The molecule has 6 heteroatoms. The first-order valence-corrected chi connectivity index (χ1v) is 12.0. The SMILES string of the molecule is O=C(C[NH+]1CC[NH+](Cc2ccc3c(c2)OCO3)CC1)NC12CC3CC(CC(C3)C1)C2. The summed E-state index contributed by atoms with van der Waals surface area (Å²) in [5.74, 6) is 4.67. The summed E-state index contributed by atoms with van der Waals surface area (Å²) < 4.78 is 10.9. The molecule has 1 aromatic carbocycles. The molecule has 1 aromatic rings. The molecule has 3 N–H and O–H groups in total. The van der Waals surface area contributed by atoms with E-state index in [4.69, 9.17) is 9.47 Å². The molecule has 0 spiro atoms. The van der Waals surface area contributed by atoms with Gasteiger partial charge in [0.15, 0.2) is 18.0 Å². The molecule has 4 bridgehead atoms. The van der Waals surface area contributed by atoms with E-state index in [1.165, 1.54) is 49.0 Å². The first kappa shape index (κ1) is 18.9. The van der Waals surface area contributed by atoms with Crippen LogP contribution in [0.1, 0.15) is 44.1 Å². The van der Waals surface area contributed by atoms with E-state index in [0.717, 1.165) is 62.0 Å². The second kappa shape index (κ2) is 7.41. The molecule has 162 valence electrons. The lowest BCUT2D eigenvalue weighted by Gasteiger charge is -2.56. The molecule has 0 unspecified atom stereocenters. The quantitative estimate of drug-likeness (QED) is 0.626. The number of carbonyl (C=O) groups is 1. The van der Waals surface area contributed by atoms with Crippen LogP contribution < -0.4 is 24.6 Å². The van der Waals surface area contributed by atoms with E-state index in [2.05, 4.69) is 17.4 Å². The van der Waals surface area contributed by atoms with E-state index < -0.39 is 0 Å². The average molecular weight is 414 g/mol. The van der Waals surface area contributed by atoms with Crippen molar-refractivity contribution in [2.24, 2.45) is 17.8 Å². The van der Waals surface area contributed by atoms with Crippen LogP contribution in [-0.2, 0) is 11.3 Å². The van der Waals surface area contributed by atoms with Gasteiger partial charge in [-0.3, -0.25) is 4.79 Å². The van der Waals surface area contributed by atoms with Crippen LogP contribution in [-0.4, -0.2) is 51.0 Å². The maximum absolute atomic E-state index is 12.9. The van der Waals surface area contributed by atoms with Gasteiger partial charge >= 0.3 is 0 Å². The van der Waals surface area contributed by atoms with Crippen molar-refractivity contribution in [1.82, 2.24) is 5.32 Å². The van der Waals surface area contributed by atoms with Gasteiger partial charge in [0, 0.05) is 11.1 Å². The Hall–Kier alpha value is -1.79. The van der Waals surface area contributed by atoms with Crippen molar-refractivity contribution in [3.05, 3.63) is 23.8 Å². The van der Waals surface area contributed by atoms with Crippen LogP contribution in [0.5, 0.6) is 11.5 Å². The number of amides is 1. The molecule has 7 rings (SSSR count). The Morgan fingerprint density at radius 1 is 0.933 bits per heavy atom. The smallest absolute Gasteiger partial charge is 0.275 e. The van der Waals surface area contributed by atoms with Gasteiger partial charge in [-0.25, -0.2) is 0 Å². The first-order chi connectivity index (χ1) is 14.6. The maximum atomic E-state index is 12.9. The number of piperazine rings is 1. The lowest BCUT2D eigenvalue weighted by molar-refractivity contribution is -1.02. The molecule has 4 saturated carbocycles. The molecule has 30 heavy (non-hydrogen) atoms. The minimum Gasteiger partial charge on any atom is -0.454 e. The fraction of sp³-hybridized carbons (Fsp3) is 0.708. The molecule has 1 saturated heterocycles. The molecule has 2 aliphatic heterocycles. The van der Waals surface area contributed by atoms with E-state index in [1.54, 1.807) is 4.90 Å². The largest absolute Gasteiger partial charge is 0.454 e. The summed E-state index contributed by atoms with van der Waals surface area (Å²) in [7, 11) is 0. The Morgan fingerprint density at radius 2 is 1.57 bits per heavy atom. The number of rotatable bonds is 5. The van der Waals surface area contributed by atoms with Crippen LogP contribution in [0.25, 0.3) is 0 Å². The van der Waals surface area contributed by atoms with Gasteiger partial charge in [-0.05, 0) is 74.5 Å². The summed E-state index contributed by atoms with van der Waals surface area (Å²) in [6, 6.07) is 6.29. The zero-order chi connectivity index (χ0) is 20.1. The predicted molar refractivity (Wildman–Crippen MR) is 112 cm³/mol. The third kappa shape index (κ3) is 3.69. The van der Waals surface area contributed by atoms with Gasteiger partial charge < -0.3 is 24.6 Å². The van der Waals surface area contributed by atoms with Crippen molar-refractivity contribution >= 4 is 5.91 Å². The van der Waals surface area contributed by atoms with Crippen molar-refractivity contribution in [3.63, 3.8) is 0 Å². The van der Waals surface area contributed by atoms with E-state index >= 15 is 0 Å². The average Bonchev–Trinajstić information content (AvgIpc) is 3.16. The second-order valence-electron chi connectivity index (χ2n) is 10.8. The number of hydrogen-bond acceptors (Lipinski definition) is 3. The third-order valence-electron chi connectivity index (χ3n) is 8.41. The Kier molecular flexibility index (Phi) is 4.68. The fourth-order valence-corrected chi connectivity index (χ4v) is 7.48. The highest BCUT2D eigenvalue weighted by Gasteiger charge is 2.51. The molecule has 2 heterocycles. The van der Waals surface area contributed by atoms with E-state index in [9.17, 15) is 4.79 Å². The molecule has 0 aromatic heterocycles. The maximum Gasteiger partial charge on any atom is 0.275 e. The van der Waals surface area contributed by atoms with Crippen molar-refractivity contribution in [2.45, 2.75) is 50.6 Å². The van der Waals surface area contributed by atoms with Gasteiger partial charge in [0.1, 0.15) is 32.7 Å². The molecule has 1 amide bonds. The van der Waals surface area contributed by atoms with Gasteiger partial charge in [-0.1, -0.05) is 0 Å². The normalized spacial score (nSPS) is 38.6. The van der Waals surface area contributed by atoms with Crippen LogP contribution in [0.4, 0.5) is 0 Å². The summed E-state index contributed by atoms with van der Waals surface area (Å²) in [6.45, 7) is 6.40. The van der Waals surface area contributed by atoms with Crippen molar-refractivity contribution in [2.75, 3.05) is 39.5 Å². The molecule has 4 aliphatic carbocycles. The highest BCUT2D eigenvalue weighted by atomic mass is 16.7. The minimum atomic E-state index is 0.150. The number of ether oxygens (including phenoxy) is 2. The Bertz CT molecular complexity index is 783. The van der Waals surface area contributed by atoms with Crippen molar-refractivity contribution < 1.29 is 24.1 Å². The van der Waals surface area contributed by atoms with Gasteiger partial charge in [0.25, 0.3) is 5.91 Å². The zero-order valence-electron chi connectivity index (χ0n) is 17.9. The monoisotopic (exact) mass is 413 g/mol. The van der Waals surface area contributed by atoms with Gasteiger partial charge in [0.05, 0.1) is 0 Å². The highest BCUT2D eigenvalue weighted by Crippen LogP contribution is 2.55. The lowest BCUT2D eigenvalue weighted by Crippen LogP contribution is -3.28. The number of benzene rings is 1. The summed E-state index contributed by atoms with van der Waals surface area (Å²) in [5.41, 5.74) is 1.45. The van der Waals surface area contributed by atoms with Crippen LogP contribution in [0.3, 0.4) is 0 Å². The number of fused-ring (bicyclic) bond motifs is 1. The molecule has 5 fully saturated rings. The molecule has 6 aliphatic rings. The van der Waals surface area contributed by atoms with Crippen LogP contribution in [0, 0.1) is 17.8 Å². The molecule has 0 atom stereocenters. The number of nitrogens with one attached hydrogen (secondary N) is 3. The highest BCUT2D eigenvalue weighted by molar-refractivity contribution is 5.77. The first-order valence-electron chi connectivity index (χ1n) is 12.0. The fourth-order valence-electron chi connectivity index (χ4n) is 7.48. The van der Waals surface area contributed by atoms with Gasteiger partial charge in [0.2, 0.25) is 6.79 Å². The summed E-state index contributed by atoms with van der Waals surface area (Å²) in [6.07, 6.45) is 8.01. The van der Waals surface area contributed by atoms with Crippen molar-refractivity contribution in [1.29, 1.82) is 0 Å². The Morgan fingerprint density at radius 3 is 2.27 bits per heavy atom. The van der Waals surface area contributed by atoms with Crippen LogP contribution in [0.15, 0.2) is 18.2 Å². The Balaban J connectivity index is 0.986. The topological polar surface area (TPSA) is 56.4 Å². The van der Waals surface area contributed by atoms with E-state index in [-0.39, 0.29) is 5.54 Å². The molecular weight excluding hydrogens is 378 g/mol. The Labute approximate surface area is 178 Å². The zero-order valence-corrected chi connectivity index (χ0v) is 17.9. The van der Waals surface area contributed by atoms with E-state index in [0.29, 0.717) is 19.2 Å². The molecular formula is C24H35N3O3+2. The second-order valence-corrected chi connectivity index (χ2v) is 10.8. The number of carbonyl (C=O) groups excluding carboxylic acids is 1. The predicted octanol–water partition coefficient (Wildman–Crippen LogP) is -0.216. The number of hydrogen-bond donors (Lipinski definition) is 3. The summed E-state index contributed by atoms with van der Waals surface area (Å²) in [4.78, 5) is 16.0. The number of quaternary nitrogens is 2. The van der Waals surface area contributed by atoms with E-state index in [1.807, 2.05) is 6.07 Å². The van der Waals surface area contributed by atoms with Crippen molar-refractivity contribution in [3.8, 4) is 11.5 Å². The summed E-state index contributed by atoms with van der Waals surface area (Å²) >= 11 is 0. The van der Waals surface area contributed by atoms with Gasteiger partial charge in [-0.2, -0.15) is 0 Å². The standard InChI is InChI=1S/C24H33N3O3/c28-23(25-24-11-18-7-19(12-24)9-20(8-18)13-24)15-27-5-3-26(4-6-27)14-17-1-2-21-22(10-17)30-16-29-21/h1-2,10,18-20H,3-9,11-16H2,(H,25,28)/p+2. The minimum absolute atomic E-state index is 0.150. The van der Waals surface area contributed by atoms with Crippen LogP contribution >= 0.6 is 0 Å². The van der Waals surface area contributed by atoms with Gasteiger partial charge in [-0.15, -0.1) is 0 Å².